The third kappa shape index (κ3) is 2.16. The van der Waals surface area contributed by atoms with Crippen molar-refractivity contribution in [3.05, 3.63) is 22.6 Å². The number of aryl methyl sites for hydroxylation is 1. The van der Waals surface area contributed by atoms with Gasteiger partial charge in [0.1, 0.15) is 0 Å². The van der Waals surface area contributed by atoms with Crippen molar-refractivity contribution in [3.63, 3.8) is 0 Å². The van der Waals surface area contributed by atoms with E-state index in [1.54, 1.807) is 0 Å². The third-order valence-corrected chi connectivity index (χ3v) is 6.72. The van der Waals surface area contributed by atoms with Gasteiger partial charge in [-0.3, -0.25) is 10.2 Å². The first-order valence-corrected chi connectivity index (χ1v) is 9.30. The Labute approximate surface area is 140 Å². The van der Waals surface area contributed by atoms with E-state index in [1.807, 2.05) is 11.3 Å². The molecule has 4 heterocycles. The maximum Gasteiger partial charge on any atom is 0.0991 e. The molecule has 0 saturated carbocycles. The van der Waals surface area contributed by atoms with Crippen LogP contribution in [0.1, 0.15) is 29.4 Å². The van der Waals surface area contributed by atoms with Crippen LogP contribution >= 0.6 is 11.3 Å². The summed E-state index contributed by atoms with van der Waals surface area (Å²) in [5.74, 6) is 0. The summed E-state index contributed by atoms with van der Waals surface area (Å²) in [5.41, 5.74) is 9.71. The molecular formula is C17H23N5S. The Morgan fingerprint density at radius 2 is 2.00 bits per heavy atom. The number of nitrogen functional groups attached to an aromatic ring is 1. The average Bonchev–Trinajstić information content (AvgIpc) is 3.07. The quantitative estimate of drug-likeness (QED) is 0.604. The van der Waals surface area contributed by atoms with Crippen molar-refractivity contribution in [2.24, 2.45) is 0 Å². The highest BCUT2D eigenvalue weighted by molar-refractivity contribution is 7.20. The molecule has 0 amide bonds. The first kappa shape index (κ1) is 14.0. The van der Waals surface area contributed by atoms with Crippen LogP contribution in [0.3, 0.4) is 0 Å². The summed E-state index contributed by atoms with van der Waals surface area (Å²) in [5, 5.41) is 12.2. The summed E-state index contributed by atoms with van der Waals surface area (Å²) >= 11 is 1.85. The zero-order valence-electron chi connectivity index (χ0n) is 13.4. The largest absolute Gasteiger partial charge is 0.398 e. The fourth-order valence-electron chi connectivity index (χ4n) is 4.43. The van der Waals surface area contributed by atoms with Crippen molar-refractivity contribution < 1.29 is 0 Å². The van der Waals surface area contributed by atoms with E-state index in [0.717, 1.165) is 25.4 Å². The zero-order valence-corrected chi connectivity index (χ0v) is 14.2. The number of hydrogen-bond donors (Lipinski definition) is 4. The number of piperazine rings is 1. The molecule has 3 aliphatic rings. The van der Waals surface area contributed by atoms with E-state index in [2.05, 4.69) is 39.9 Å². The second-order valence-corrected chi connectivity index (χ2v) is 8.18. The molecule has 0 radical (unpaired) electrons. The van der Waals surface area contributed by atoms with Crippen molar-refractivity contribution in [3.8, 4) is 0 Å². The Hall–Kier alpha value is -1.34. The van der Waals surface area contributed by atoms with E-state index in [0.29, 0.717) is 18.2 Å². The number of nitrogens with one attached hydrogen (secondary N) is 3. The van der Waals surface area contributed by atoms with Crippen LogP contribution in [-0.2, 0) is 0 Å². The summed E-state index contributed by atoms with van der Waals surface area (Å²) in [6.07, 6.45) is 2.95. The molecule has 0 spiro atoms. The molecule has 2 fully saturated rings. The van der Waals surface area contributed by atoms with E-state index in [4.69, 9.17) is 5.73 Å². The zero-order chi connectivity index (χ0) is 15.6. The molecular weight excluding hydrogens is 306 g/mol. The van der Waals surface area contributed by atoms with Crippen LogP contribution < -0.4 is 21.7 Å². The standard InChI is InChI=1S/C17H23N5S/c1-9-4-12-14-16(23-15(12)13(18)5-9)17(20-8-19-14)22-6-10-2-3-11(7-22)21-10/h4-5,10-11,17,19-21H,2-3,6-8,18H2,1H3. The van der Waals surface area contributed by atoms with Crippen LogP contribution in [0, 0.1) is 6.92 Å². The number of likely N-dealkylation sites (tertiary alicyclic amines) is 1. The Morgan fingerprint density at radius 3 is 2.78 bits per heavy atom. The SMILES string of the molecule is Cc1cc(N)c2sc3c(c2c1)NCNC3N1CC2CCC(C1)N2. The van der Waals surface area contributed by atoms with Gasteiger partial charge < -0.3 is 16.4 Å². The van der Waals surface area contributed by atoms with Gasteiger partial charge in [-0.1, -0.05) is 0 Å². The van der Waals surface area contributed by atoms with Gasteiger partial charge in [0.05, 0.1) is 28.1 Å². The number of anilines is 2. The minimum absolute atomic E-state index is 0.313. The molecule has 1 aromatic carbocycles. The second kappa shape index (κ2) is 5.08. The Bertz CT molecular complexity index is 758. The van der Waals surface area contributed by atoms with Gasteiger partial charge in [-0.15, -0.1) is 11.3 Å². The Morgan fingerprint density at radius 1 is 1.22 bits per heavy atom. The number of fused-ring (bicyclic) bond motifs is 5. The monoisotopic (exact) mass is 329 g/mol. The van der Waals surface area contributed by atoms with Gasteiger partial charge >= 0.3 is 0 Å². The van der Waals surface area contributed by atoms with Gasteiger partial charge in [-0.25, -0.2) is 0 Å². The van der Waals surface area contributed by atoms with Crippen LogP contribution in [0.2, 0.25) is 0 Å². The summed E-state index contributed by atoms with van der Waals surface area (Å²) in [4.78, 5) is 4.02. The molecule has 5 rings (SSSR count). The van der Waals surface area contributed by atoms with Crippen LogP contribution in [0.25, 0.3) is 10.1 Å². The summed E-state index contributed by atoms with van der Waals surface area (Å²) in [7, 11) is 0. The Kier molecular flexibility index (Phi) is 3.10. The first-order valence-electron chi connectivity index (χ1n) is 8.49. The van der Waals surface area contributed by atoms with Crippen molar-refractivity contribution in [1.82, 2.24) is 15.5 Å². The highest BCUT2D eigenvalue weighted by Gasteiger charge is 2.38. The van der Waals surface area contributed by atoms with Gasteiger partial charge in [-0.2, -0.15) is 0 Å². The molecule has 3 aliphatic heterocycles. The molecule has 0 aliphatic carbocycles. The number of rotatable bonds is 1. The molecule has 2 aromatic rings. The van der Waals surface area contributed by atoms with Gasteiger partial charge in [0.15, 0.2) is 0 Å². The minimum atomic E-state index is 0.313. The van der Waals surface area contributed by atoms with E-state index in [9.17, 15) is 0 Å². The van der Waals surface area contributed by atoms with Gasteiger partial charge in [0.25, 0.3) is 0 Å². The Balaban J connectivity index is 1.58. The first-order chi connectivity index (χ1) is 11.2. The highest BCUT2D eigenvalue weighted by atomic mass is 32.1. The lowest BCUT2D eigenvalue weighted by molar-refractivity contribution is 0.119. The van der Waals surface area contributed by atoms with E-state index in [1.165, 1.54) is 39.1 Å². The lowest BCUT2D eigenvalue weighted by Gasteiger charge is -2.40. The smallest absolute Gasteiger partial charge is 0.0991 e. The molecule has 23 heavy (non-hydrogen) atoms. The minimum Gasteiger partial charge on any atom is -0.398 e. The van der Waals surface area contributed by atoms with Crippen LogP contribution in [0.15, 0.2) is 12.1 Å². The molecule has 1 aromatic heterocycles. The molecule has 5 nitrogen and oxygen atoms in total. The fourth-order valence-corrected chi connectivity index (χ4v) is 5.73. The molecule has 6 heteroatoms. The molecule has 3 atom stereocenters. The molecule has 122 valence electrons. The predicted molar refractivity (Wildman–Crippen MR) is 96.9 cm³/mol. The number of nitrogens with zero attached hydrogens (tertiary/aromatic N) is 1. The predicted octanol–water partition coefficient (Wildman–Crippen LogP) is 2.20. The normalized spacial score (nSPS) is 30.4. The lowest BCUT2D eigenvalue weighted by atomic mass is 10.1. The van der Waals surface area contributed by atoms with Gasteiger partial charge in [-0.05, 0) is 37.5 Å². The summed E-state index contributed by atoms with van der Waals surface area (Å²) in [6.45, 7) is 5.20. The van der Waals surface area contributed by atoms with Crippen LogP contribution in [0.5, 0.6) is 0 Å². The number of nitrogens with two attached hydrogens (primary N) is 1. The maximum atomic E-state index is 6.29. The van der Waals surface area contributed by atoms with E-state index < -0.39 is 0 Å². The number of hydrogen-bond acceptors (Lipinski definition) is 6. The van der Waals surface area contributed by atoms with Crippen molar-refractivity contribution in [2.45, 2.75) is 38.0 Å². The molecule has 2 saturated heterocycles. The maximum absolute atomic E-state index is 6.29. The van der Waals surface area contributed by atoms with Crippen LogP contribution in [0.4, 0.5) is 11.4 Å². The summed E-state index contributed by atoms with van der Waals surface area (Å²) in [6, 6.07) is 5.67. The van der Waals surface area contributed by atoms with Crippen LogP contribution in [-0.4, -0.2) is 36.7 Å². The summed E-state index contributed by atoms with van der Waals surface area (Å²) < 4.78 is 1.22. The molecule has 2 bridgehead atoms. The van der Waals surface area contributed by atoms with Crippen molar-refractivity contribution in [1.29, 1.82) is 0 Å². The van der Waals surface area contributed by atoms with Crippen molar-refractivity contribution >= 4 is 32.8 Å². The van der Waals surface area contributed by atoms with Gasteiger partial charge in [0, 0.05) is 36.2 Å². The van der Waals surface area contributed by atoms with Gasteiger partial charge in [0.2, 0.25) is 0 Å². The topological polar surface area (TPSA) is 65.3 Å². The van der Waals surface area contributed by atoms with E-state index in [-0.39, 0.29) is 0 Å². The lowest BCUT2D eigenvalue weighted by Crippen LogP contribution is -2.55. The molecule has 3 unspecified atom stereocenters. The fraction of sp³-hybridized carbons (Fsp3) is 0.529. The highest BCUT2D eigenvalue weighted by Crippen LogP contribution is 2.45. The second-order valence-electron chi connectivity index (χ2n) is 7.12. The third-order valence-electron chi connectivity index (χ3n) is 5.41. The van der Waals surface area contributed by atoms with E-state index >= 15 is 0 Å². The number of benzene rings is 1. The van der Waals surface area contributed by atoms with Crippen molar-refractivity contribution in [2.75, 3.05) is 30.8 Å². The molecule has 5 N–H and O–H groups in total. The number of thiophene rings is 1. The average molecular weight is 329 g/mol.